The normalized spacial score (nSPS) is 28.0. The Hall–Kier alpha value is -1.91. The van der Waals surface area contributed by atoms with E-state index in [1.807, 2.05) is 6.08 Å². The van der Waals surface area contributed by atoms with Crippen LogP contribution in [0.15, 0.2) is 54.6 Å². The van der Waals surface area contributed by atoms with Crippen LogP contribution in [-0.4, -0.2) is 37.0 Å². The van der Waals surface area contributed by atoms with E-state index < -0.39 is 0 Å². The summed E-state index contributed by atoms with van der Waals surface area (Å²) < 4.78 is 11.0. The highest BCUT2D eigenvalue weighted by Crippen LogP contribution is 2.57. The number of fused-ring (bicyclic) bond motifs is 2. The Morgan fingerprint density at radius 1 is 1.25 bits per heavy atom. The van der Waals surface area contributed by atoms with E-state index in [0.29, 0.717) is 18.3 Å². The largest absolute Gasteiger partial charge is 0.469 e. The fraction of sp³-hybridized carbons (Fsp3) is 0.607. The molecule has 1 aromatic rings. The van der Waals surface area contributed by atoms with E-state index in [-0.39, 0.29) is 23.6 Å². The van der Waals surface area contributed by atoms with Crippen LogP contribution in [0.2, 0.25) is 0 Å². The summed E-state index contributed by atoms with van der Waals surface area (Å²) >= 11 is 0. The van der Waals surface area contributed by atoms with E-state index in [4.69, 9.17) is 9.47 Å². The lowest BCUT2D eigenvalue weighted by Crippen LogP contribution is -2.39. The molecule has 5 atom stereocenters. The molecule has 32 heavy (non-hydrogen) atoms. The number of unbranched alkanes of at least 4 members (excludes halogenated alkanes) is 3. The molecule has 176 valence electrons. The van der Waals surface area contributed by atoms with Gasteiger partial charge in [-0.3, -0.25) is 4.79 Å². The average Bonchev–Trinajstić information content (AvgIpc) is 3.38. The van der Waals surface area contributed by atoms with Gasteiger partial charge in [0.1, 0.15) is 0 Å². The molecule has 2 aliphatic rings. The number of hydrogen-bond donors (Lipinski definition) is 1. The molecule has 4 nitrogen and oxygen atoms in total. The molecule has 3 rings (SSSR count). The smallest absolute Gasteiger partial charge is 0.305 e. The molecule has 0 radical (unpaired) electrons. The summed E-state index contributed by atoms with van der Waals surface area (Å²) in [4.78, 5) is 11.3. The number of ether oxygens (including phenoxy) is 2. The first-order valence-corrected chi connectivity index (χ1v) is 12.4. The second kappa shape index (κ2) is 12.4. The number of benzene rings is 1. The van der Waals surface area contributed by atoms with Crippen LogP contribution in [0.25, 0.3) is 0 Å². The van der Waals surface area contributed by atoms with Crippen molar-refractivity contribution in [2.24, 2.45) is 11.8 Å². The Morgan fingerprint density at radius 2 is 2.06 bits per heavy atom. The SMILES string of the molecule is CCCCC[C@@H](O)C=C[C@@H]1[C@@H]2C[C@@](c3ccccc3)(CO2)[C@H]1CC=CCCCC(=O)OC. The maximum Gasteiger partial charge on any atom is 0.305 e. The number of aliphatic hydroxyl groups is 1. The third kappa shape index (κ3) is 6.11. The van der Waals surface area contributed by atoms with Gasteiger partial charge < -0.3 is 14.6 Å². The van der Waals surface area contributed by atoms with Gasteiger partial charge >= 0.3 is 5.97 Å². The first-order valence-electron chi connectivity index (χ1n) is 12.4. The summed E-state index contributed by atoms with van der Waals surface area (Å²) in [6, 6.07) is 10.8. The van der Waals surface area contributed by atoms with Crippen LogP contribution in [0.5, 0.6) is 0 Å². The molecule has 1 aliphatic heterocycles. The molecule has 1 N–H and O–H groups in total. The Balaban J connectivity index is 1.69. The predicted molar refractivity (Wildman–Crippen MR) is 128 cm³/mol. The van der Waals surface area contributed by atoms with Crippen molar-refractivity contribution in [1.82, 2.24) is 0 Å². The summed E-state index contributed by atoms with van der Waals surface area (Å²) in [5, 5.41) is 10.4. The van der Waals surface area contributed by atoms with E-state index in [1.165, 1.54) is 25.5 Å². The van der Waals surface area contributed by atoms with E-state index in [0.717, 1.165) is 45.1 Å². The molecular formula is C28H40O4. The Bertz CT molecular complexity index is 756. The minimum atomic E-state index is -0.372. The zero-order valence-corrected chi connectivity index (χ0v) is 19.7. The van der Waals surface area contributed by atoms with Crippen molar-refractivity contribution in [3.05, 3.63) is 60.2 Å². The van der Waals surface area contributed by atoms with Gasteiger partial charge in [-0.25, -0.2) is 0 Å². The zero-order valence-electron chi connectivity index (χ0n) is 19.7. The number of methoxy groups -OCH3 is 1. The van der Waals surface area contributed by atoms with Gasteiger partial charge in [0.2, 0.25) is 0 Å². The minimum absolute atomic E-state index is 0.0322. The molecule has 2 bridgehead atoms. The first kappa shape index (κ1) is 24.7. The number of rotatable bonds is 13. The highest BCUT2D eigenvalue weighted by Gasteiger charge is 2.58. The maximum atomic E-state index is 11.3. The highest BCUT2D eigenvalue weighted by molar-refractivity contribution is 5.69. The molecule has 0 aromatic heterocycles. The van der Waals surface area contributed by atoms with Gasteiger partial charge in [-0.2, -0.15) is 0 Å². The molecule has 1 aromatic carbocycles. The van der Waals surface area contributed by atoms with Crippen molar-refractivity contribution in [2.75, 3.05) is 13.7 Å². The first-order chi connectivity index (χ1) is 15.6. The second-order valence-electron chi connectivity index (χ2n) is 9.38. The number of carbonyl (C=O) groups excluding carboxylic acids is 1. The fourth-order valence-electron chi connectivity index (χ4n) is 5.48. The van der Waals surface area contributed by atoms with Gasteiger partial charge in [-0.15, -0.1) is 0 Å². The lowest BCUT2D eigenvalue weighted by molar-refractivity contribution is -0.140. The monoisotopic (exact) mass is 440 g/mol. The molecule has 0 unspecified atom stereocenters. The standard InChI is InChI=1S/C28H40O4/c1-3-4-8-15-23(29)18-19-24-25(16-11-5-6-12-17-27(30)31-2)28(20-26(24)32-21-28)22-13-9-7-10-14-22/h5,7,9-11,13-14,18-19,23-26,29H,3-4,6,8,12,15-17,20-21H2,1-2H3/t23-,24+,25+,26+,28+/m1/s1. The van der Waals surface area contributed by atoms with Gasteiger partial charge in [0, 0.05) is 17.8 Å². The molecule has 1 saturated carbocycles. The van der Waals surface area contributed by atoms with Gasteiger partial charge in [0.15, 0.2) is 0 Å². The maximum absolute atomic E-state index is 11.3. The van der Waals surface area contributed by atoms with Crippen molar-refractivity contribution < 1.29 is 19.4 Å². The highest BCUT2D eigenvalue weighted by atomic mass is 16.5. The van der Waals surface area contributed by atoms with Crippen LogP contribution in [-0.2, 0) is 19.7 Å². The van der Waals surface area contributed by atoms with Gasteiger partial charge in [0.25, 0.3) is 0 Å². The van der Waals surface area contributed by atoms with Crippen LogP contribution >= 0.6 is 0 Å². The van der Waals surface area contributed by atoms with Crippen molar-refractivity contribution in [3.8, 4) is 0 Å². The Kier molecular flexibility index (Phi) is 9.55. The lowest BCUT2D eigenvalue weighted by Gasteiger charge is -2.38. The van der Waals surface area contributed by atoms with Crippen molar-refractivity contribution in [2.45, 2.75) is 82.3 Å². The van der Waals surface area contributed by atoms with Gasteiger partial charge in [-0.1, -0.05) is 80.8 Å². The molecular weight excluding hydrogens is 400 g/mol. The van der Waals surface area contributed by atoms with E-state index in [2.05, 4.69) is 55.5 Å². The average molecular weight is 441 g/mol. The summed E-state index contributed by atoms with van der Waals surface area (Å²) in [6.07, 6.45) is 17.0. The number of allylic oxidation sites excluding steroid dienone is 2. The molecule has 0 amide bonds. The Labute approximate surface area is 193 Å². The van der Waals surface area contributed by atoms with E-state index in [9.17, 15) is 9.90 Å². The van der Waals surface area contributed by atoms with Gasteiger partial charge in [0.05, 0.1) is 25.9 Å². The van der Waals surface area contributed by atoms with Crippen molar-refractivity contribution in [3.63, 3.8) is 0 Å². The number of carbonyl (C=O) groups is 1. The molecule has 1 heterocycles. The molecule has 4 heteroatoms. The Morgan fingerprint density at radius 3 is 2.81 bits per heavy atom. The van der Waals surface area contributed by atoms with E-state index in [1.54, 1.807) is 0 Å². The number of aliphatic hydroxyl groups excluding tert-OH is 1. The minimum Gasteiger partial charge on any atom is -0.469 e. The van der Waals surface area contributed by atoms with E-state index >= 15 is 0 Å². The molecule has 2 fully saturated rings. The quantitative estimate of drug-likeness (QED) is 0.241. The fourth-order valence-corrected chi connectivity index (χ4v) is 5.48. The number of esters is 1. The third-order valence-electron chi connectivity index (χ3n) is 7.27. The van der Waals surface area contributed by atoms with Crippen LogP contribution in [0.4, 0.5) is 0 Å². The summed E-state index contributed by atoms with van der Waals surface area (Å²) in [5.41, 5.74) is 1.40. The van der Waals surface area contributed by atoms with Gasteiger partial charge in [-0.05, 0) is 43.6 Å². The number of hydrogen-bond acceptors (Lipinski definition) is 4. The topological polar surface area (TPSA) is 55.8 Å². The molecule has 0 spiro atoms. The van der Waals surface area contributed by atoms with Crippen molar-refractivity contribution in [1.29, 1.82) is 0 Å². The summed E-state index contributed by atoms with van der Waals surface area (Å²) in [6.45, 7) is 2.96. The van der Waals surface area contributed by atoms with Crippen LogP contribution in [0.1, 0.15) is 70.3 Å². The molecule has 1 aliphatic carbocycles. The summed E-state index contributed by atoms with van der Waals surface area (Å²) in [5.74, 6) is 0.610. The summed E-state index contributed by atoms with van der Waals surface area (Å²) in [7, 11) is 1.44. The lowest BCUT2D eigenvalue weighted by atomic mass is 9.69. The molecule has 1 saturated heterocycles. The van der Waals surface area contributed by atoms with Crippen LogP contribution in [0, 0.1) is 11.8 Å². The second-order valence-corrected chi connectivity index (χ2v) is 9.38. The van der Waals surface area contributed by atoms with Crippen molar-refractivity contribution >= 4 is 5.97 Å². The van der Waals surface area contributed by atoms with Crippen LogP contribution < -0.4 is 0 Å². The third-order valence-corrected chi connectivity index (χ3v) is 7.27. The van der Waals surface area contributed by atoms with Crippen LogP contribution in [0.3, 0.4) is 0 Å². The zero-order chi connectivity index (χ0) is 22.8. The predicted octanol–water partition coefficient (Wildman–Crippen LogP) is 5.75.